The zero-order chi connectivity index (χ0) is 25.7. The van der Waals surface area contributed by atoms with Crippen LogP contribution in [-0.2, 0) is 23.8 Å². The summed E-state index contributed by atoms with van der Waals surface area (Å²) in [7, 11) is 1.51. The summed E-state index contributed by atoms with van der Waals surface area (Å²) in [6, 6.07) is 11.0. The smallest absolute Gasteiger partial charge is 0.413 e. The Labute approximate surface area is 212 Å². The van der Waals surface area contributed by atoms with Crippen LogP contribution in [0.4, 0.5) is 20.6 Å². The number of nitrogens with one attached hydrogen (secondary N) is 1. The summed E-state index contributed by atoms with van der Waals surface area (Å²) in [6.45, 7) is 0.830. The van der Waals surface area contributed by atoms with Gasteiger partial charge in [-0.2, -0.15) is 0 Å². The molecule has 0 unspecified atom stereocenters. The van der Waals surface area contributed by atoms with Gasteiger partial charge in [0.1, 0.15) is 12.4 Å². The second kappa shape index (κ2) is 11.5. The van der Waals surface area contributed by atoms with E-state index in [0.29, 0.717) is 23.9 Å². The van der Waals surface area contributed by atoms with Crippen molar-refractivity contribution in [2.75, 3.05) is 43.6 Å². The Kier molecular flexibility index (Phi) is 8.19. The van der Waals surface area contributed by atoms with Crippen LogP contribution in [-0.4, -0.2) is 68.6 Å². The molecule has 0 aromatic heterocycles. The lowest BCUT2D eigenvalue weighted by Crippen LogP contribution is -2.41. The molecule has 3 amide bonds. The van der Waals surface area contributed by atoms with Crippen molar-refractivity contribution in [2.45, 2.75) is 18.8 Å². The minimum atomic E-state index is -0.926. The summed E-state index contributed by atoms with van der Waals surface area (Å²) in [6.07, 6.45) is 1.13. The lowest BCUT2D eigenvalue weighted by Gasteiger charge is -2.27. The summed E-state index contributed by atoms with van der Waals surface area (Å²) in [4.78, 5) is 40.1. The van der Waals surface area contributed by atoms with E-state index in [-0.39, 0.29) is 43.2 Å². The van der Waals surface area contributed by atoms with Gasteiger partial charge in [-0.3, -0.25) is 14.9 Å². The minimum Gasteiger partial charge on any atom is -0.425 e. The molecular weight excluding hydrogens is 493 g/mol. The number of halogens is 2. The van der Waals surface area contributed by atoms with Gasteiger partial charge in [-0.25, -0.2) is 9.18 Å². The number of benzene rings is 2. The fraction of sp³-hybridized carbons (Fsp3) is 0.320. The van der Waals surface area contributed by atoms with Gasteiger partial charge in [0.05, 0.1) is 24.9 Å². The van der Waals surface area contributed by atoms with E-state index >= 15 is 0 Å². The Hall–Kier alpha value is -3.47. The molecule has 2 saturated heterocycles. The number of likely N-dealkylation sites (tertiary alicyclic amines) is 1. The van der Waals surface area contributed by atoms with Crippen molar-refractivity contribution in [2.24, 2.45) is 0 Å². The maximum Gasteiger partial charge on any atom is 0.413 e. The highest BCUT2D eigenvalue weighted by Crippen LogP contribution is 2.25. The number of hydrogen-bond acceptors (Lipinski definition) is 6. The Morgan fingerprint density at radius 2 is 2.00 bits per heavy atom. The molecule has 11 heteroatoms. The minimum absolute atomic E-state index is 0.0675. The van der Waals surface area contributed by atoms with Crippen molar-refractivity contribution < 1.29 is 33.0 Å². The number of anilines is 2. The molecule has 2 aliphatic rings. The summed E-state index contributed by atoms with van der Waals surface area (Å²) in [5, 5.41) is 2.94. The van der Waals surface area contributed by atoms with E-state index in [9.17, 15) is 18.8 Å². The molecule has 0 radical (unpaired) electrons. The lowest BCUT2D eigenvalue weighted by molar-refractivity contribution is -0.132. The predicted molar refractivity (Wildman–Crippen MR) is 131 cm³/mol. The molecule has 2 aromatic carbocycles. The normalized spacial score (nSPS) is 20.1. The van der Waals surface area contributed by atoms with Crippen LogP contribution >= 0.6 is 11.6 Å². The number of amides is 3. The standard InChI is InChI=1S/C25H25ClFN3O6/c1-34-19-13-24(30(14-19)22(31)9-4-16-2-5-17(26)6-3-16)36-25(33)28-21-8-7-18(12-20(21)27)29-10-11-35-15-23(29)32/h2-9,12,19,24H,10-11,13-15H2,1H3,(H,28,33)/t19-,24-/m1/s1. The van der Waals surface area contributed by atoms with E-state index in [1.54, 1.807) is 30.3 Å². The average Bonchev–Trinajstić information content (AvgIpc) is 3.28. The number of nitrogens with zero attached hydrogens (tertiary/aromatic N) is 2. The molecule has 36 heavy (non-hydrogen) atoms. The summed E-state index contributed by atoms with van der Waals surface area (Å²) in [5.41, 5.74) is 1.03. The van der Waals surface area contributed by atoms with Crippen LogP contribution < -0.4 is 10.2 Å². The van der Waals surface area contributed by atoms with E-state index in [2.05, 4.69) is 5.32 Å². The second-order valence-corrected chi connectivity index (χ2v) is 8.65. The molecule has 2 heterocycles. The van der Waals surface area contributed by atoms with Gasteiger partial charge in [0.25, 0.3) is 5.91 Å². The number of rotatable bonds is 6. The Bertz CT molecular complexity index is 1160. The molecule has 0 spiro atoms. The van der Waals surface area contributed by atoms with E-state index < -0.39 is 18.1 Å². The Morgan fingerprint density at radius 1 is 1.22 bits per heavy atom. The summed E-state index contributed by atoms with van der Waals surface area (Å²) < 4.78 is 30.5. The van der Waals surface area contributed by atoms with Crippen LogP contribution in [0.15, 0.2) is 48.5 Å². The molecular formula is C25H25ClFN3O6. The van der Waals surface area contributed by atoms with Gasteiger partial charge in [-0.05, 0) is 42.0 Å². The molecule has 2 atom stereocenters. The van der Waals surface area contributed by atoms with E-state index in [1.165, 1.54) is 35.1 Å². The highest BCUT2D eigenvalue weighted by molar-refractivity contribution is 6.30. The van der Waals surface area contributed by atoms with Crippen molar-refractivity contribution >= 4 is 47.0 Å². The molecule has 190 valence electrons. The van der Waals surface area contributed by atoms with Crippen molar-refractivity contribution in [1.82, 2.24) is 4.90 Å². The van der Waals surface area contributed by atoms with E-state index in [0.717, 1.165) is 11.6 Å². The van der Waals surface area contributed by atoms with Gasteiger partial charge in [0, 0.05) is 36.9 Å². The number of hydrogen-bond donors (Lipinski definition) is 1. The third-order valence-electron chi connectivity index (χ3n) is 5.85. The van der Waals surface area contributed by atoms with Crippen LogP contribution in [0.25, 0.3) is 6.08 Å². The van der Waals surface area contributed by atoms with Crippen LogP contribution in [0.5, 0.6) is 0 Å². The Balaban J connectivity index is 1.39. The lowest BCUT2D eigenvalue weighted by atomic mass is 10.2. The molecule has 2 aromatic rings. The second-order valence-electron chi connectivity index (χ2n) is 8.22. The molecule has 2 fully saturated rings. The van der Waals surface area contributed by atoms with E-state index in [4.69, 9.17) is 25.8 Å². The van der Waals surface area contributed by atoms with Crippen molar-refractivity contribution in [3.05, 3.63) is 64.9 Å². The van der Waals surface area contributed by atoms with Gasteiger partial charge < -0.3 is 24.0 Å². The van der Waals surface area contributed by atoms with Crippen LogP contribution in [0.3, 0.4) is 0 Å². The fourth-order valence-corrected chi connectivity index (χ4v) is 4.07. The van der Waals surface area contributed by atoms with Gasteiger partial charge in [0.15, 0.2) is 6.23 Å². The first kappa shape index (κ1) is 25.6. The molecule has 0 saturated carbocycles. The molecule has 1 N–H and O–H groups in total. The van der Waals surface area contributed by atoms with Crippen molar-refractivity contribution in [1.29, 1.82) is 0 Å². The molecule has 2 aliphatic heterocycles. The third kappa shape index (κ3) is 6.20. The molecule has 0 bridgehead atoms. The topological polar surface area (TPSA) is 97.4 Å². The first-order chi connectivity index (χ1) is 17.3. The fourth-order valence-electron chi connectivity index (χ4n) is 3.94. The molecule has 9 nitrogen and oxygen atoms in total. The average molecular weight is 518 g/mol. The zero-order valence-corrected chi connectivity index (χ0v) is 20.2. The van der Waals surface area contributed by atoms with Gasteiger partial charge >= 0.3 is 6.09 Å². The number of carbonyl (C=O) groups is 3. The highest BCUT2D eigenvalue weighted by atomic mass is 35.5. The van der Waals surface area contributed by atoms with E-state index in [1.807, 2.05) is 0 Å². The zero-order valence-electron chi connectivity index (χ0n) is 19.5. The summed E-state index contributed by atoms with van der Waals surface area (Å²) in [5.74, 6) is -1.37. The summed E-state index contributed by atoms with van der Waals surface area (Å²) >= 11 is 5.88. The quantitative estimate of drug-likeness (QED) is 0.587. The maximum atomic E-state index is 14.7. The monoisotopic (exact) mass is 517 g/mol. The van der Waals surface area contributed by atoms with Gasteiger partial charge in [-0.1, -0.05) is 23.7 Å². The highest BCUT2D eigenvalue weighted by Gasteiger charge is 2.37. The molecule has 0 aliphatic carbocycles. The first-order valence-electron chi connectivity index (χ1n) is 11.3. The number of ether oxygens (including phenoxy) is 3. The number of carbonyl (C=O) groups excluding carboxylic acids is 3. The SMILES string of the molecule is CO[C@@H]1C[C@@H](OC(=O)Nc2ccc(N3CCOCC3=O)cc2F)N(C(=O)C=Cc2ccc(Cl)cc2)C1. The van der Waals surface area contributed by atoms with Crippen molar-refractivity contribution in [3.63, 3.8) is 0 Å². The van der Waals surface area contributed by atoms with Crippen molar-refractivity contribution in [3.8, 4) is 0 Å². The van der Waals surface area contributed by atoms with Crippen LogP contribution in [0, 0.1) is 5.82 Å². The van der Waals surface area contributed by atoms with Crippen LogP contribution in [0.2, 0.25) is 5.02 Å². The largest absolute Gasteiger partial charge is 0.425 e. The van der Waals surface area contributed by atoms with Gasteiger partial charge in [-0.15, -0.1) is 0 Å². The Morgan fingerprint density at radius 3 is 2.69 bits per heavy atom. The number of morpholine rings is 1. The third-order valence-corrected chi connectivity index (χ3v) is 6.10. The first-order valence-corrected chi connectivity index (χ1v) is 11.6. The number of methoxy groups -OCH3 is 1. The maximum absolute atomic E-state index is 14.7. The van der Waals surface area contributed by atoms with Gasteiger partial charge in [0.2, 0.25) is 5.91 Å². The van der Waals surface area contributed by atoms with Crippen LogP contribution in [0.1, 0.15) is 12.0 Å². The molecule has 4 rings (SSSR count). The predicted octanol–water partition coefficient (Wildman–Crippen LogP) is 3.68.